The molecule has 1 atom stereocenters. The van der Waals surface area contributed by atoms with E-state index in [2.05, 4.69) is 5.32 Å². The highest BCUT2D eigenvalue weighted by molar-refractivity contribution is 6.08. The van der Waals surface area contributed by atoms with Crippen LogP contribution < -0.4 is 11.1 Å². The van der Waals surface area contributed by atoms with Gasteiger partial charge in [-0.3, -0.25) is 19.3 Å². The summed E-state index contributed by atoms with van der Waals surface area (Å²) < 4.78 is 4.72. The van der Waals surface area contributed by atoms with E-state index in [9.17, 15) is 19.2 Å². The van der Waals surface area contributed by atoms with Crippen LogP contribution in [0.3, 0.4) is 0 Å². The third-order valence-corrected chi connectivity index (χ3v) is 3.45. The van der Waals surface area contributed by atoms with Crippen LogP contribution in [0.1, 0.15) is 33.6 Å². The fraction of sp³-hybridized carbons (Fsp3) is 0.667. The first kappa shape index (κ1) is 15.9. The first-order valence-electron chi connectivity index (χ1n) is 6.40. The van der Waals surface area contributed by atoms with Crippen molar-refractivity contribution in [2.24, 2.45) is 5.73 Å². The normalized spacial score (nSPS) is 18.6. The zero-order chi connectivity index (χ0) is 15.5. The Kier molecular flexibility index (Phi) is 4.69. The van der Waals surface area contributed by atoms with Crippen LogP contribution in [0.15, 0.2) is 0 Å². The van der Waals surface area contributed by atoms with Crippen LogP contribution in [-0.4, -0.2) is 46.9 Å². The van der Waals surface area contributed by atoms with Gasteiger partial charge in [-0.2, -0.15) is 0 Å². The largest absolute Gasteiger partial charge is 0.451 e. The highest BCUT2D eigenvalue weighted by Gasteiger charge is 2.49. The molecule has 1 heterocycles. The van der Waals surface area contributed by atoms with E-state index < -0.39 is 42.0 Å². The molecule has 0 aromatic rings. The molecule has 112 valence electrons. The van der Waals surface area contributed by atoms with Gasteiger partial charge in [0.1, 0.15) is 12.1 Å². The van der Waals surface area contributed by atoms with Crippen LogP contribution in [0.25, 0.3) is 0 Å². The Bertz CT molecular complexity index is 444. The van der Waals surface area contributed by atoms with Gasteiger partial charge in [-0.1, -0.05) is 13.8 Å². The molecule has 0 spiro atoms. The molecular formula is C12H19N3O5. The lowest BCUT2D eigenvalue weighted by Gasteiger charge is -2.23. The second kappa shape index (κ2) is 5.89. The number of nitrogens with one attached hydrogen (secondary N) is 1. The number of rotatable bonds is 6. The van der Waals surface area contributed by atoms with Gasteiger partial charge in [0.25, 0.3) is 11.8 Å². The highest BCUT2D eigenvalue weighted by Crippen LogP contribution is 2.24. The molecule has 0 radical (unpaired) electrons. The molecule has 1 aliphatic rings. The third-order valence-electron chi connectivity index (χ3n) is 3.45. The predicted molar refractivity (Wildman–Crippen MR) is 68.3 cm³/mol. The first-order valence-corrected chi connectivity index (χ1v) is 6.40. The summed E-state index contributed by atoms with van der Waals surface area (Å²) in [6, 6.07) is -0.637. The number of nitrogens with zero attached hydrogens (tertiary/aromatic N) is 1. The lowest BCUT2D eigenvalue weighted by atomic mass is 9.93. The van der Waals surface area contributed by atoms with Crippen molar-refractivity contribution < 1.29 is 23.9 Å². The maximum atomic E-state index is 12.2. The van der Waals surface area contributed by atoms with Crippen molar-refractivity contribution in [1.29, 1.82) is 0 Å². The van der Waals surface area contributed by atoms with Crippen molar-refractivity contribution in [2.75, 3.05) is 6.54 Å². The Labute approximate surface area is 116 Å². The zero-order valence-corrected chi connectivity index (χ0v) is 11.8. The number of esters is 1. The van der Waals surface area contributed by atoms with E-state index in [0.717, 1.165) is 4.90 Å². The molecule has 1 aliphatic heterocycles. The molecule has 0 aromatic heterocycles. The number of hydrogen-bond acceptors (Lipinski definition) is 5. The average Bonchev–Trinajstić information content (AvgIpc) is 2.63. The van der Waals surface area contributed by atoms with Gasteiger partial charge in [-0.25, -0.2) is 4.79 Å². The molecule has 1 fully saturated rings. The van der Waals surface area contributed by atoms with Crippen LogP contribution >= 0.6 is 0 Å². The maximum Gasteiger partial charge on any atom is 0.327 e. The summed E-state index contributed by atoms with van der Waals surface area (Å²) in [6.07, 6.45) is -0.250. The number of nitrogens with two attached hydrogens (primary N) is 1. The van der Waals surface area contributed by atoms with Gasteiger partial charge in [-0.05, 0) is 19.8 Å². The van der Waals surface area contributed by atoms with E-state index in [4.69, 9.17) is 10.5 Å². The molecular weight excluding hydrogens is 266 g/mol. The van der Waals surface area contributed by atoms with E-state index in [1.807, 2.05) is 0 Å². The average molecular weight is 285 g/mol. The summed E-state index contributed by atoms with van der Waals surface area (Å²) in [4.78, 5) is 47.1. The SMILES string of the molecule is CCC1(CC)NC(=O)N(CC(=O)O[C@H](C)C(N)=O)C1=O. The van der Waals surface area contributed by atoms with E-state index in [1.54, 1.807) is 13.8 Å². The Morgan fingerprint density at radius 2 is 1.90 bits per heavy atom. The van der Waals surface area contributed by atoms with Gasteiger partial charge in [0.2, 0.25) is 0 Å². The van der Waals surface area contributed by atoms with Gasteiger partial charge >= 0.3 is 12.0 Å². The summed E-state index contributed by atoms with van der Waals surface area (Å²) in [7, 11) is 0. The number of hydrogen-bond donors (Lipinski definition) is 2. The molecule has 0 bridgehead atoms. The first-order chi connectivity index (χ1) is 9.27. The molecule has 8 nitrogen and oxygen atoms in total. The number of imide groups is 1. The minimum Gasteiger partial charge on any atom is -0.451 e. The van der Waals surface area contributed by atoms with Crippen LogP contribution in [0.4, 0.5) is 4.79 Å². The number of carbonyl (C=O) groups is 4. The van der Waals surface area contributed by atoms with Gasteiger partial charge in [0.15, 0.2) is 6.10 Å². The minimum atomic E-state index is -1.11. The number of urea groups is 1. The summed E-state index contributed by atoms with van der Waals surface area (Å²) in [5.41, 5.74) is 3.99. The van der Waals surface area contributed by atoms with Crippen molar-refractivity contribution in [3.8, 4) is 0 Å². The third kappa shape index (κ3) is 2.89. The molecule has 1 rings (SSSR count). The second-order valence-electron chi connectivity index (χ2n) is 4.65. The number of primary amides is 1. The Balaban J connectivity index is 2.74. The fourth-order valence-electron chi connectivity index (χ4n) is 1.97. The van der Waals surface area contributed by atoms with E-state index in [1.165, 1.54) is 6.92 Å². The molecule has 0 aliphatic carbocycles. The lowest BCUT2D eigenvalue weighted by Crippen LogP contribution is -2.46. The summed E-state index contributed by atoms with van der Waals surface area (Å²) in [5.74, 6) is -2.12. The Morgan fingerprint density at radius 1 is 1.35 bits per heavy atom. The fourth-order valence-corrected chi connectivity index (χ4v) is 1.97. The van der Waals surface area contributed by atoms with Crippen molar-refractivity contribution >= 4 is 23.8 Å². The number of ether oxygens (including phenoxy) is 1. The predicted octanol–water partition coefficient (Wildman–Crippen LogP) is -0.486. The second-order valence-corrected chi connectivity index (χ2v) is 4.65. The van der Waals surface area contributed by atoms with E-state index >= 15 is 0 Å². The highest BCUT2D eigenvalue weighted by atomic mass is 16.5. The smallest absolute Gasteiger partial charge is 0.327 e. The molecule has 0 unspecified atom stereocenters. The number of carbonyl (C=O) groups excluding carboxylic acids is 4. The minimum absolute atomic E-state index is 0.428. The van der Waals surface area contributed by atoms with E-state index in [-0.39, 0.29) is 0 Å². The van der Waals surface area contributed by atoms with Crippen molar-refractivity contribution in [3.05, 3.63) is 0 Å². The van der Waals surface area contributed by atoms with Gasteiger partial charge < -0.3 is 15.8 Å². The van der Waals surface area contributed by atoms with Crippen LogP contribution in [-0.2, 0) is 19.1 Å². The van der Waals surface area contributed by atoms with Crippen molar-refractivity contribution in [1.82, 2.24) is 10.2 Å². The summed E-state index contributed by atoms with van der Waals surface area (Å²) in [5, 5.41) is 2.59. The maximum absolute atomic E-state index is 12.2. The summed E-state index contributed by atoms with van der Waals surface area (Å²) in [6.45, 7) is 4.33. The monoisotopic (exact) mass is 285 g/mol. The van der Waals surface area contributed by atoms with Crippen LogP contribution in [0, 0.1) is 0 Å². The molecule has 0 saturated carbocycles. The summed E-state index contributed by atoms with van der Waals surface area (Å²) >= 11 is 0. The van der Waals surface area contributed by atoms with Gasteiger partial charge in [0.05, 0.1) is 0 Å². The molecule has 1 saturated heterocycles. The van der Waals surface area contributed by atoms with Gasteiger partial charge in [0, 0.05) is 0 Å². The van der Waals surface area contributed by atoms with E-state index in [0.29, 0.717) is 12.8 Å². The lowest BCUT2D eigenvalue weighted by molar-refractivity contribution is -0.155. The van der Waals surface area contributed by atoms with Crippen LogP contribution in [0.5, 0.6) is 0 Å². The topological polar surface area (TPSA) is 119 Å². The molecule has 8 heteroatoms. The van der Waals surface area contributed by atoms with Crippen molar-refractivity contribution in [2.45, 2.75) is 45.3 Å². The quantitative estimate of drug-likeness (QED) is 0.504. The standard InChI is InChI=1S/C12H19N3O5/c1-4-12(5-2)10(18)15(11(19)14-12)6-8(16)20-7(3)9(13)17/h7H,4-6H2,1-3H3,(H2,13,17)(H,14,19)/t7-/m1/s1. The van der Waals surface area contributed by atoms with Crippen LogP contribution in [0.2, 0.25) is 0 Å². The number of amides is 4. The molecule has 0 aromatic carbocycles. The van der Waals surface area contributed by atoms with Gasteiger partial charge in [-0.15, -0.1) is 0 Å². The Hall–Kier alpha value is -2.12. The molecule has 4 amide bonds. The Morgan fingerprint density at radius 3 is 2.30 bits per heavy atom. The van der Waals surface area contributed by atoms with Crippen molar-refractivity contribution in [3.63, 3.8) is 0 Å². The molecule has 3 N–H and O–H groups in total. The zero-order valence-electron chi connectivity index (χ0n) is 11.8. The molecule has 20 heavy (non-hydrogen) atoms.